The Morgan fingerprint density at radius 2 is 2.00 bits per heavy atom. The van der Waals surface area contributed by atoms with Crippen molar-refractivity contribution in [1.29, 1.82) is 0 Å². The van der Waals surface area contributed by atoms with E-state index in [1.165, 1.54) is 17.2 Å². The lowest BCUT2D eigenvalue weighted by atomic mass is 10.1. The Labute approximate surface area is 170 Å². The number of imidazole rings is 2. The van der Waals surface area contributed by atoms with Gasteiger partial charge in [0, 0.05) is 13.0 Å². The maximum atomic E-state index is 10.3. The molecule has 5 rings (SSSR count). The van der Waals surface area contributed by atoms with E-state index in [0.717, 1.165) is 16.9 Å². The highest BCUT2D eigenvalue weighted by molar-refractivity contribution is 5.82. The average Bonchev–Trinajstić information content (AvgIpc) is 3.44. The molecule has 0 amide bonds. The lowest BCUT2D eigenvalue weighted by Crippen LogP contribution is -2.33. The SMILES string of the molecule is OC[C@H]1OC(n2cnc3c(NCCc4nc5ccccc5[nH]4)ncnc32)[C@H](O)[C@@H]1O. The van der Waals surface area contributed by atoms with Crippen molar-refractivity contribution >= 4 is 28.0 Å². The molecule has 3 aromatic heterocycles. The van der Waals surface area contributed by atoms with Gasteiger partial charge in [-0.05, 0) is 12.1 Å². The number of hydrogen-bond acceptors (Lipinski definition) is 9. The molecule has 11 heteroatoms. The van der Waals surface area contributed by atoms with Crippen molar-refractivity contribution in [2.45, 2.75) is 31.0 Å². The number of rotatable bonds is 6. The summed E-state index contributed by atoms with van der Waals surface area (Å²) in [7, 11) is 0. The van der Waals surface area contributed by atoms with Crippen LogP contribution in [0, 0.1) is 0 Å². The number of nitrogens with zero attached hydrogens (tertiary/aromatic N) is 5. The molecule has 1 unspecified atom stereocenters. The topological polar surface area (TPSA) is 154 Å². The van der Waals surface area contributed by atoms with Crippen LogP contribution in [0.4, 0.5) is 5.82 Å². The first-order valence-corrected chi connectivity index (χ1v) is 9.63. The lowest BCUT2D eigenvalue weighted by Gasteiger charge is -2.16. The highest BCUT2D eigenvalue weighted by atomic mass is 16.6. The molecule has 0 bridgehead atoms. The number of H-pyrrole nitrogens is 1. The molecule has 0 radical (unpaired) electrons. The number of aromatic amines is 1. The summed E-state index contributed by atoms with van der Waals surface area (Å²) in [6.07, 6.45) is -0.642. The number of nitrogens with one attached hydrogen (secondary N) is 2. The highest BCUT2D eigenvalue weighted by Gasteiger charge is 2.44. The van der Waals surface area contributed by atoms with Gasteiger partial charge < -0.3 is 30.4 Å². The number of ether oxygens (including phenoxy) is 1. The molecule has 30 heavy (non-hydrogen) atoms. The first-order valence-electron chi connectivity index (χ1n) is 9.63. The van der Waals surface area contributed by atoms with Gasteiger partial charge in [0.05, 0.1) is 24.0 Å². The van der Waals surface area contributed by atoms with E-state index >= 15 is 0 Å². The summed E-state index contributed by atoms with van der Waals surface area (Å²) in [4.78, 5) is 20.7. The van der Waals surface area contributed by atoms with Crippen LogP contribution in [0.3, 0.4) is 0 Å². The first-order chi connectivity index (χ1) is 14.7. The molecule has 4 atom stereocenters. The monoisotopic (exact) mass is 411 g/mol. The van der Waals surface area contributed by atoms with Gasteiger partial charge in [0.2, 0.25) is 0 Å². The van der Waals surface area contributed by atoms with Crippen LogP contribution in [0.5, 0.6) is 0 Å². The van der Waals surface area contributed by atoms with Crippen LogP contribution < -0.4 is 5.32 Å². The molecule has 1 fully saturated rings. The Morgan fingerprint density at radius 1 is 1.13 bits per heavy atom. The predicted molar refractivity (Wildman–Crippen MR) is 107 cm³/mol. The van der Waals surface area contributed by atoms with E-state index in [-0.39, 0.29) is 0 Å². The largest absolute Gasteiger partial charge is 0.394 e. The summed E-state index contributed by atoms with van der Waals surface area (Å²) in [5.41, 5.74) is 2.88. The van der Waals surface area contributed by atoms with Crippen molar-refractivity contribution < 1.29 is 20.1 Å². The van der Waals surface area contributed by atoms with Gasteiger partial charge in [0.25, 0.3) is 0 Å². The maximum Gasteiger partial charge on any atom is 0.167 e. The number of aliphatic hydroxyl groups is 3. The molecule has 1 aliphatic heterocycles. The smallest absolute Gasteiger partial charge is 0.167 e. The normalized spacial score (nSPS) is 24.1. The maximum absolute atomic E-state index is 10.3. The van der Waals surface area contributed by atoms with Gasteiger partial charge in [-0.2, -0.15) is 0 Å². The molecule has 1 aromatic carbocycles. The number of anilines is 1. The van der Waals surface area contributed by atoms with Crippen LogP contribution in [0.15, 0.2) is 36.9 Å². The second-order valence-corrected chi connectivity index (χ2v) is 7.15. The van der Waals surface area contributed by atoms with E-state index in [1.54, 1.807) is 0 Å². The zero-order chi connectivity index (χ0) is 20.7. The zero-order valence-corrected chi connectivity index (χ0v) is 15.9. The second kappa shape index (κ2) is 7.61. The average molecular weight is 411 g/mol. The summed E-state index contributed by atoms with van der Waals surface area (Å²) in [6, 6.07) is 7.86. The van der Waals surface area contributed by atoms with Crippen molar-refractivity contribution in [3.05, 3.63) is 42.7 Å². The van der Waals surface area contributed by atoms with Crippen LogP contribution in [0.2, 0.25) is 0 Å². The number of aromatic nitrogens is 6. The number of para-hydroxylation sites is 2. The summed E-state index contributed by atoms with van der Waals surface area (Å²) in [6.45, 7) is 0.178. The van der Waals surface area contributed by atoms with E-state index in [4.69, 9.17) is 4.74 Å². The van der Waals surface area contributed by atoms with Crippen LogP contribution >= 0.6 is 0 Å². The van der Waals surface area contributed by atoms with Crippen LogP contribution in [0.1, 0.15) is 12.1 Å². The Balaban J connectivity index is 1.33. The first kappa shape index (κ1) is 18.9. The minimum absolute atomic E-state index is 0.398. The standard InChI is InChI=1S/C19H21N7O4/c27-7-12-15(28)16(29)19(30-12)26-9-23-14-17(21-8-22-18(14)26)20-6-5-13-24-10-3-1-2-4-11(10)25-13/h1-4,8-9,12,15-16,19,27-29H,5-7H2,(H,24,25)(H,20,21,22)/t12-,15-,16-,19?/m1/s1. The van der Waals surface area contributed by atoms with E-state index in [9.17, 15) is 15.3 Å². The van der Waals surface area contributed by atoms with E-state index in [0.29, 0.717) is 29.9 Å². The molecule has 1 saturated heterocycles. The molecular formula is C19H21N7O4. The van der Waals surface area contributed by atoms with Crippen molar-refractivity contribution in [2.75, 3.05) is 18.5 Å². The molecule has 11 nitrogen and oxygen atoms in total. The lowest BCUT2D eigenvalue weighted by molar-refractivity contribution is -0.0511. The van der Waals surface area contributed by atoms with E-state index in [2.05, 4.69) is 30.2 Å². The van der Waals surface area contributed by atoms with Crippen LogP contribution in [0.25, 0.3) is 22.2 Å². The molecular weight excluding hydrogens is 390 g/mol. The Kier molecular flexibility index (Phi) is 4.79. The Bertz CT molecular complexity index is 1140. The Hall–Kier alpha value is -3.12. The fraction of sp³-hybridized carbons (Fsp3) is 0.368. The minimum Gasteiger partial charge on any atom is -0.394 e. The van der Waals surface area contributed by atoms with Gasteiger partial charge in [0.15, 0.2) is 23.2 Å². The summed E-state index contributed by atoms with van der Waals surface area (Å²) in [5, 5.41) is 32.8. The fourth-order valence-corrected chi connectivity index (χ4v) is 3.70. The number of benzene rings is 1. The van der Waals surface area contributed by atoms with Gasteiger partial charge >= 0.3 is 0 Å². The molecule has 0 spiro atoms. The third kappa shape index (κ3) is 3.17. The van der Waals surface area contributed by atoms with Gasteiger partial charge in [0.1, 0.15) is 30.5 Å². The number of hydrogen-bond donors (Lipinski definition) is 5. The number of aliphatic hydroxyl groups excluding tert-OH is 3. The fourth-order valence-electron chi connectivity index (χ4n) is 3.70. The van der Waals surface area contributed by atoms with Crippen molar-refractivity contribution in [3.63, 3.8) is 0 Å². The molecule has 1 aliphatic rings. The van der Waals surface area contributed by atoms with Crippen LogP contribution in [-0.2, 0) is 11.2 Å². The summed E-state index contributed by atoms with van der Waals surface area (Å²) >= 11 is 0. The number of fused-ring (bicyclic) bond motifs is 2. The molecule has 0 aliphatic carbocycles. The van der Waals surface area contributed by atoms with Gasteiger partial charge in [-0.25, -0.2) is 19.9 Å². The Morgan fingerprint density at radius 3 is 2.80 bits per heavy atom. The van der Waals surface area contributed by atoms with Crippen molar-refractivity contribution in [1.82, 2.24) is 29.5 Å². The van der Waals surface area contributed by atoms with Crippen molar-refractivity contribution in [3.8, 4) is 0 Å². The quantitative estimate of drug-likeness (QED) is 0.294. The molecule has 0 saturated carbocycles. The van der Waals surface area contributed by atoms with E-state index < -0.39 is 31.1 Å². The summed E-state index contributed by atoms with van der Waals surface area (Å²) in [5.74, 6) is 1.41. The third-order valence-corrected chi connectivity index (χ3v) is 5.24. The second-order valence-electron chi connectivity index (χ2n) is 7.15. The van der Waals surface area contributed by atoms with E-state index in [1.807, 2.05) is 24.3 Å². The third-order valence-electron chi connectivity index (χ3n) is 5.24. The van der Waals surface area contributed by atoms with Gasteiger partial charge in [-0.15, -0.1) is 0 Å². The molecule has 5 N–H and O–H groups in total. The van der Waals surface area contributed by atoms with Gasteiger partial charge in [-0.1, -0.05) is 12.1 Å². The highest BCUT2D eigenvalue weighted by Crippen LogP contribution is 2.32. The summed E-state index contributed by atoms with van der Waals surface area (Å²) < 4.78 is 7.11. The minimum atomic E-state index is -1.21. The molecule has 4 heterocycles. The van der Waals surface area contributed by atoms with Crippen LogP contribution in [-0.4, -0.2) is 76.3 Å². The van der Waals surface area contributed by atoms with Crippen molar-refractivity contribution in [2.24, 2.45) is 0 Å². The predicted octanol–water partition coefficient (Wildman–Crippen LogP) is -0.0313. The molecule has 4 aromatic rings. The zero-order valence-electron chi connectivity index (χ0n) is 15.9. The van der Waals surface area contributed by atoms with Gasteiger partial charge in [-0.3, -0.25) is 4.57 Å². The molecule has 156 valence electrons.